The summed E-state index contributed by atoms with van der Waals surface area (Å²) in [7, 11) is 1.87. The molecule has 1 aliphatic carbocycles. The normalized spacial score (nSPS) is 21.1. The Morgan fingerprint density at radius 3 is 2.70 bits per heavy atom. The Labute approximate surface area is 159 Å². The molecule has 0 aromatic carbocycles. The largest absolute Gasteiger partial charge is 0.462 e. The van der Waals surface area contributed by atoms with Crippen molar-refractivity contribution < 1.29 is 14.3 Å². The molecule has 27 heavy (non-hydrogen) atoms. The van der Waals surface area contributed by atoms with E-state index in [1.807, 2.05) is 14.0 Å². The molecule has 7 heteroatoms. The summed E-state index contributed by atoms with van der Waals surface area (Å²) in [5.74, 6) is -0.337. The Morgan fingerprint density at radius 2 is 2.00 bits per heavy atom. The molecule has 0 unspecified atom stereocenters. The Morgan fingerprint density at radius 1 is 1.26 bits per heavy atom. The lowest BCUT2D eigenvalue weighted by atomic mass is 9.93. The topological polar surface area (TPSA) is 69.5 Å². The number of hydrogen-bond acceptors (Lipinski definition) is 6. The van der Waals surface area contributed by atoms with Gasteiger partial charge in [-0.25, -0.2) is 9.78 Å². The third-order valence-electron chi connectivity index (χ3n) is 5.60. The van der Waals surface area contributed by atoms with Crippen LogP contribution >= 0.6 is 0 Å². The van der Waals surface area contributed by atoms with Gasteiger partial charge < -0.3 is 14.4 Å². The molecule has 1 saturated heterocycles. The van der Waals surface area contributed by atoms with Crippen LogP contribution in [0.5, 0.6) is 0 Å². The van der Waals surface area contributed by atoms with E-state index in [4.69, 9.17) is 9.47 Å². The monoisotopic (exact) mass is 372 g/mol. The van der Waals surface area contributed by atoms with Gasteiger partial charge in [0.25, 0.3) is 0 Å². The lowest BCUT2D eigenvalue weighted by molar-refractivity contribution is -0.148. The van der Waals surface area contributed by atoms with Crippen molar-refractivity contribution in [3.05, 3.63) is 18.0 Å². The van der Waals surface area contributed by atoms with Gasteiger partial charge in [-0.2, -0.15) is 5.10 Å². The fraction of sp³-hybridized carbons (Fsp3) is 0.650. The van der Waals surface area contributed by atoms with Crippen molar-refractivity contribution >= 4 is 22.7 Å². The Hall–Kier alpha value is -2.15. The van der Waals surface area contributed by atoms with Crippen LogP contribution in [0.3, 0.4) is 0 Å². The quantitative estimate of drug-likeness (QED) is 0.771. The van der Waals surface area contributed by atoms with Crippen LogP contribution in [0, 0.1) is 0 Å². The Balaban J connectivity index is 1.85. The zero-order chi connectivity index (χ0) is 19.2. The van der Waals surface area contributed by atoms with Gasteiger partial charge in [0.15, 0.2) is 5.65 Å². The van der Waals surface area contributed by atoms with Crippen molar-refractivity contribution in [3.63, 3.8) is 0 Å². The van der Waals surface area contributed by atoms with Gasteiger partial charge in [0.2, 0.25) is 0 Å². The standard InChI is InChI=1S/C20H28N4O3/c1-5-26-18(25)15-10-21-17-14(11-22-23(17)4)16(15)24-12-19(2,3)27-20(13-24)8-6-7-9-20/h10-11H,5-9,12-13H2,1-4H3. The highest BCUT2D eigenvalue weighted by molar-refractivity contribution is 6.04. The predicted molar refractivity (Wildman–Crippen MR) is 103 cm³/mol. The zero-order valence-electron chi connectivity index (χ0n) is 16.6. The number of rotatable bonds is 3. The van der Waals surface area contributed by atoms with Crippen LogP contribution in [0.2, 0.25) is 0 Å². The molecule has 0 bridgehead atoms. The van der Waals surface area contributed by atoms with E-state index in [0.717, 1.165) is 36.1 Å². The number of esters is 1. The summed E-state index contributed by atoms with van der Waals surface area (Å²) in [6.45, 7) is 7.89. The van der Waals surface area contributed by atoms with Gasteiger partial charge in [0, 0.05) is 26.3 Å². The van der Waals surface area contributed by atoms with Gasteiger partial charge >= 0.3 is 5.97 Å². The minimum absolute atomic E-state index is 0.147. The van der Waals surface area contributed by atoms with Crippen LogP contribution in [0.4, 0.5) is 5.69 Å². The van der Waals surface area contributed by atoms with E-state index < -0.39 is 0 Å². The summed E-state index contributed by atoms with van der Waals surface area (Å²) in [6.07, 6.45) is 7.91. The third kappa shape index (κ3) is 3.18. The molecule has 0 amide bonds. The lowest BCUT2D eigenvalue weighted by Crippen LogP contribution is -2.59. The van der Waals surface area contributed by atoms with Gasteiger partial charge in [0.1, 0.15) is 5.56 Å². The van der Waals surface area contributed by atoms with Crippen molar-refractivity contribution in [1.29, 1.82) is 0 Å². The number of hydrogen-bond donors (Lipinski definition) is 0. The molecule has 2 aliphatic rings. The summed E-state index contributed by atoms with van der Waals surface area (Å²) in [5, 5.41) is 5.25. The molecular weight excluding hydrogens is 344 g/mol. The second kappa shape index (κ2) is 6.48. The summed E-state index contributed by atoms with van der Waals surface area (Å²) in [6, 6.07) is 0. The number of carbonyl (C=O) groups excluding carboxylic acids is 1. The van der Waals surface area contributed by atoms with Crippen LogP contribution in [-0.4, -0.2) is 51.6 Å². The molecule has 4 rings (SSSR count). The molecule has 3 heterocycles. The van der Waals surface area contributed by atoms with Crippen molar-refractivity contribution in [2.75, 3.05) is 24.6 Å². The highest BCUT2D eigenvalue weighted by Crippen LogP contribution is 2.43. The van der Waals surface area contributed by atoms with Crippen LogP contribution < -0.4 is 4.90 Å². The van der Waals surface area contributed by atoms with E-state index >= 15 is 0 Å². The Kier molecular flexibility index (Phi) is 4.37. The molecule has 1 aliphatic heterocycles. The molecule has 1 saturated carbocycles. The van der Waals surface area contributed by atoms with Gasteiger partial charge in [-0.15, -0.1) is 0 Å². The second-order valence-corrected chi connectivity index (χ2v) is 8.35. The second-order valence-electron chi connectivity index (χ2n) is 8.35. The summed E-state index contributed by atoms with van der Waals surface area (Å²) < 4.78 is 13.6. The van der Waals surface area contributed by atoms with Gasteiger partial charge in [-0.05, 0) is 33.6 Å². The minimum Gasteiger partial charge on any atom is -0.462 e. The van der Waals surface area contributed by atoms with Crippen LogP contribution in [0.1, 0.15) is 56.8 Å². The summed E-state index contributed by atoms with van der Waals surface area (Å²) in [5.41, 5.74) is 1.69. The van der Waals surface area contributed by atoms with Gasteiger partial charge in [0.05, 0.1) is 35.1 Å². The number of fused-ring (bicyclic) bond motifs is 1. The van der Waals surface area contributed by atoms with E-state index in [0.29, 0.717) is 18.7 Å². The molecule has 146 valence electrons. The predicted octanol–water partition coefficient (Wildman–Crippen LogP) is 3.07. The van der Waals surface area contributed by atoms with Gasteiger partial charge in [-0.3, -0.25) is 4.68 Å². The summed E-state index contributed by atoms with van der Waals surface area (Å²) >= 11 is 0. The van der Waals surface area contributed by atoms with Crippen LogP contribution in [0.25, 0.3) is 11.0 Å². The third-order valence-corrected chi connectivity index (χ3v) is 5.60. The average Bonchev–Trinajstić information content (AvgIpc) is 3.19. The molecule has 1 spiro atoms. The lowest BCUT2D eigenvalue weighted by Gasteiger charge is -2.50. The first-order valence-electron chi connectivity index (χ1n) is 9.77. The molecule has 2 aromatic rings. The minimum atomic E-state index is -0.337. The zero-order valence-corrected chi connectivity index (χ0v) is 16.6. The number of aromatic nitrogens is 3. The fourth-order valence-corrected chi connectivity index (χ4v) is 4.73. The van der Waals surface area contributed by atoms with Crippen molar-refractivity contribution in [2.45, 2.75) is 57.7 Å². The maximum atomic E-state index is 12.7. The number of morpholine rings is 1. The van der Waals surface area contributed by atoms with Gasteiger partial charge in [-0.1, -0.05) is 12.8 Å². The van der Waals surface area contributed by atoms with E-state index in [9.17, 15) is 4.79 Å². The first-order chi connectivity index (χ1) is 12.8. The number of aryl methyl sites for hydroxylation is 1. The highest BCUT2D eigenvalue weighted by atomic mass is 16.5. The first kappa shape index (κ1) is 18.2. The highest BCUT2D eigenvalue weighted by Gasteiger charge is 2.46. The van der Waals surface area contributed by atoms with Crippen LogP contribution in [0.15, 0.2) is 12.4 Å². The van der Waals surface area contributed by atoms with E-state index in [2.05, 4.69) is 28.8 Å². The van der Waals surface area contributed by atoms with E-state index in [1.54, 1.807) is 17.1 Å². The number of ether oxygens (including phenoxy) is 2. The first-order valence-corrected chi connectivity index (χ1v) is 9.77. The maximum absolute atomic E-state index is 12.7. The molecule has 2 aromatic heterocycles. The smallest absolute Gasteiger partial charge is 0.341 e. The molecule has 7 nitrogen and oxygen atoms in total. The Bertz CT molecular complexity index is 867. The molecule has 0 atom stereocenters. The SMILES string of the molecule is CCOC(=O)c1cnc2c(cnn2C)c1N1CC(C)(C)OC2(CCCC2)C1. The average molecular weight is 372 g/mol. The van der Waals surface area contributed by atoms with Crippen molar-refractivity contribution in [3.8, 4) is 0 Å². The molecule has 0 radical (unpaired) electrons. The fourth-order valence-electron chi connectivity index (χ4n) is 4.73. The number of carbonyl (C=O) groups is 1. The number of pyridine rings is 1. The number of nitrogens with zero attached hydrogens (tertiary/aromatic N) is 4. The van der Waals surface area contributed by atoms with E-state index in [1.165, 1.54) is 12.8 Å². The molecule has 2 fully saturated rings. The van der Waals surface area contributed by atoms with E-state index in [-0.39, 0.29) is 17.2 Å². The van der Waals surface area contributed by atoms with Crippen LogP contribution in [-0.2, 0) is 16.5 Å². The van der Waals surface area contributed by atoms with Crippen molar-refractivity contribution in [2.24, 2.45) is 7.05 Å². The molecule has 0 N–H and O–H groups in total. The number of anilines is 1. The van der Waals surface area contributed by atoms with Crippen molar-refractivity contribution in [1.82, 2.24) is 14.8 Å². The summed E-state index contributed by atoms with van der Waals surface area (Å²) in [4.78, 5) is 19.5. The maximum Gasteiger partial charge on any atom is 0.341 e. The molecular formula is C20H28N4O3.